The number of rotatable bonds is 3. The van der Waals surface area contributed by atoms with E-state index in [2.05, 4.69) is 42.3 Å². The number of ether oxygens (including phenoxy) is 1. The number of benzene rings is 2. The first-order valence-corrected chi connectivity index (χ1v) is 8.51. The normalized spacial score (nSPS) is 28.0. The lowest BCUT2D eigenvalue weighted by Gasteiger charge is -2.46. The van der Waals surface area contributed by atoms with Gasteiger partial charge in [0, 0.05) is 24.4 Å². The van der Waals surface area contributed by atoms with E-state index in [1.165, 1.54) is 10.8 Å². The Morgan fingerprint density at radius 2 is 1.78 bits per heavy atom. The largest absolute Gasteiger partial charge is 0.378 e. The number of carbonyl (C=O) groups excluding carboxylic acids is 1. The molecule has 0 amide bonds. The van der Waals surface area contributed by atoms with Crippen molar-refractivity contribution in [3.8, 4) is 0 Å². The molecular weight excluding hydrogens is 286 g/mol. The number of fused-ring (bicyclic) bond motifs is 3. The molecule has 0 saturated carbocycles. The van der Waals surface area contributed by atoms with Gasteiger partial charge in [0.2, 0.25) is 0 Å². The molecule has 0 radical (unpaired) electrons. The minimum absolute atomic E-state index is 0.184. The molecule has 23 heavy (non-hydrogen) atoms. The molecule has 2 atom stereocenters. The molecule has 2 aliphatic rings. The zero-order chi connectivity index (χ0) is 15.8. The van der Waals surface area contributed by atoms with Gasteiger partial charge in [0.05, 0.1) is 13.2 Å². The molecule has 2 aromatic rings. The lowest BCUT2D eigenvalue weighted by molar-refractivity contribution is -0.130. The summed E-state index contributed by atoms with van der Waals surface area (Å²) in [6.07, 6.45) is 2.43. The van der Waals surface area contributed by atoms with Gasteiger partial charge < -0.3 is 4.74 Å². The number of morpholine rings is 1. The summed E-state index contributed by atoms with van der Waals surface area (Å²) >= 11 is 0. The van der Waals surface area contributed by atoms with Crippen LogP contribution in [0, 0.1) is 5.92 Å². The zero-order valence-electron chi connectivity index (χ0n) is 13.6. The Balaban J connectivity index is 1.53. The average Bonchev–Trinajstić information content (AvgIpc) is 2.55. The number of nitrogens with zero attached hydrogens (tertiary/aromatic N) is 1. The van der Waals surface area contributed by atoms with E-state index >= 15 is 0 Å². The summed E-state index contributed by atoms with van der Waals surface area (Å²) in [5, 5.41) is 2.42. The van der Waals surface area contributed by atoms with Gasteiger partial charge in [0.15, 0.2) is 0 Å². The van der Waals surface area contributed by atoms with E-state index in [0.717, 1.165) is 31.6 Å². The summed E-state index contributed by atoms with van der Waals surface area (Å²) in [6.45, 7) is 1.54. The highest BCUT2D eigenvalue weighted by Crippen LogP contribution is 2.32. The van der Waals surface area contributed by atoms with Crippen LogP contribution in [0.5, 0.6) is 0 Å². The molecule has 0 aliphatic carbocycles. The molecule has 0 N–H and O–H groups in total. The quantitative estimate of drug-likeness (QED) is 0.873. The Morgan fingerprint density at radius 3 is 2.57 bits per heavy atom. The van der Waals surface area contributed by atoms with E-state index in [1.807, 2.05) is 12.1 Å². The van der Waals surface area contributed by atoms with Gasteiger partial charge in [-0.2, -0.15) is 0 Å². The van der Waals surface area contributed by atoms with Crippen molar-refractivity contribution in [3.05, 3.63) is 48.0 Å². The number of hydrogen-bond donors (Lipinski definition) is 0. The monoisotopic (exact) mass is 309 g/mol. The van der Waals surface area contributed by atoms with Crippen molar-refractivity contribution < 1.29 is 9.53 Å². The Hall–Kier alpha value is -1.71. The van der Waals surface area contributed by atoms with Crippen molar-refractivity contribution in [1.29, 1.82) is 0 Å². The predicted octanol–water partition coefficient (Wildman–Crippen LogP) is 3.06. The first-order valence-electron chi connectivity index (χ1n) is 8.51. The van der Waals surface area contributed by atoms with Gasteiger partial charge in [-0.25, -0.2) is 0 Å². The van der Waals surface area contributed by atoms with Gasteiger partial charge >= 0.3 is 0 Å². The van der Waals surface area contributed by atoms with Crippen molar-refractivity contribution in [2.75, 3.05) is 20.3 Å². The fraction of sp³-hybridized carbons (Fsp3) is 0.450. The summed E-state index contributed by atoms with van der Waals surface area (Å²) in [4.78, 5) is 15.3. The molecule has 2 bridgehead atoms. The minimum atomic E-state index is 0.184. The van der Waals surface area contributed by atoms with E-state index in [1.54, 1.807) is 0 Å². The van der Waals surface area contributed by atoms with E-state index < -0.39 is 0 Å². The average molecular weight is 309 g/mol. The highest BCUT2D eigenvalue weighted by Gasteiger charge is 2.39. The maximum absolute atomic E-state index is 12.9. The lowest BCUT2D eigenvalue weighted by atomic mass is 9.81. The highest BCUT2D eigenvalue weighted by atomic mass is 16.5. The van der Waals surface area contributed by atoms with Gasteiger partial charge in [-0.1, -0.05) is 42.5 Å². The van der Waals surface area contributed by atoms with Crippen LogP contribution in [-0.4, -0.2) is 43.0 Å². The standard InChI is InChI=1S/C20H23NO2/c1-21-17-9-16(10-18(21)13-23-12-17)20(22)11-15-7-4-6-14-5-2-3-8-19(14)15/h2-8,16-18H,9-13H2,1H3. The molecule has 2 heterocycles. The van der Waals surface area contributed by atoms with Crippen LogP contribution in [0.4, 0.5) is 0 Å². The number of carbonyl (C=O) groups is 1. The number of ketones is 1. The Bertz CT molecular complexity index is 707. The topological polar surface area (TPSA) is 29.5 Å². The fourth-order valence-corrected chi connectivity index (χ4v) is 4.14. The predicted molar refractivity (Wildman–Crippen MR) is 91.5 cm³/mol. The second-order valence-corrected chi connectivity index (χ2v) is 6.96. The molecule has 0 aromatic heterocycles. The summed E-state index contributed by atoms with van der Waals surface area (Å²) in [5.41, 5.74) is 1.16. The van der Waals surface area contributed by atoms with Crippen LogP contribution in [0.1, 0.15) is 18.4 Å². The lowest BCUT2D eigenvalue weighted by Crippen LogP contribution is -2.55. The van der Waals surface area contributed by atoms with Gasteiger partial charge in [0.25, 0.3) is 0 Å². The van der Waals surface area contributed by atoms with Crippen LogP contribution in [0.25, 0.3) is 10.8 Å². The smallest absolute Gasteiger partial charge is 0.140 e. The molecule has 3 heteroatoms. The van der Waals surface area contributed by atoms with Crippen LogP contribution in [0.15, 0.2) is 42.5 Å². The number of likely N-dealkylation sites (N-methyl/N-ethyl adjacent to an activating group) is 1. The fourth-order valence-electron chi connectivity index (χ4n) is 4.14. The summed E-state index contributed by atoms with van der Waals surface area (Å²) < 4.78 is 5.66. The van der Waals surface area contributed by atoms with Crippen molar-refractivity contribution >= 4 is 16.6 Å². The molecule has 0 spiro atoms. The third kappa shape index (κ3) is 2.79. The maximum Gasteiger partial charge on any atom is 0.140 e. The number of Topliss-reactive ketones (excluding diaryl/α,β-unsaturated/α-hetero) is 1. The van der Waals surface area contributed by atoms with E-state index in [-0.39, 0.29) is 5.92 Å². The SMILES string of the molecule is CN1C2COCC1CC(C(=O)Cc1cccc3ccccc13)C2. The second-order valence-electron chi connectivity index (χ2n) is 6.96. The molecule has 2 saturated heterocycles. The molecule has 2 fully saturated rings. The van der Waals surface area contributed by atoms with Crippen LogP contribution in [0.3, 0.4) is 0 Å². The first-order chi connectivity index (χ1) is 11.2. The van der Waals surface area contributed by atoms with Crippen molar-refractivity contribution in [3.63, 3.8) is 0 Å². The number of piperidine rings is 1. The third-order valence-corrected chi connectivity index (χ3v) is 5.59. The number of hydrogen-bond acceptors (Lipinski definition) is 3. The molecule has 3 nitrogen and oxygen atoms in total. The highest BCUT2D eigenvalue weighted by molar-refractivity contribution is 5.91. The van der Waals surface area contributed by atoms with Gasteiger partial charge in [-0.3, -0.25) is 9.69 Å². The van der Waals surface area contributed by atoms with Crippen molar-refractivity contribution in [1.82, 2.24) is 4.90 Å². The van der Waals surface area contributed by atoms with E-state index in [4.69, 9.17) is 4.74 Å². The molecule has 2 aliphatic heterocycles. The van der Waals surface area contributed by atoms with E-state index in [0.29, 0.717) is 24.3 Å². The summed E-state index contributed by atoms with van der Waals surface area (Å²) in [7, 11) is 2.17. The van der Waals surface area contributed by atoms with Crippen molar-refractivity contribution in [2.24, 2.45) is 5.92 Å². The van der Waals surface area contributed by atoms with Crippen LogP contribution in [0.2, 0.25) is 0 Å². The van der Waals surface area contributed by atoms with E-state index in [9.17, 15) is 4.79 Å². The molecule has 2 aromatic carbocycles. The van der Waals surface area contributed by atoms with Crippen molar-refractivity contribution in [2.45, 2.75) is 31.3 Å². The second kappa shape index (κ2) is 6.06. The van der Waals surface area contributed by atoms with Crippen LogP contribution >= 0.6 is 0 Å². The molecular formula is C20H23NO2. The third-order valence-electron chi connectivity index (χ3n) is 5.59. The Kier molecular flexibility index (Phi) is 3.92. The van der Waals surface area contributed by atoms with Gasteiger partial charge in [-0.05, 0) is 36.2 Å². The maximum atomic E-state index is 12.9. The minimum Gasteiger partial charge on any atom is -0.378 e. The first kappa shape index (κ1) is 14.9. The zero-order valence-corrected chi connectivity index (χ0v) is 13.6. The summed E-state index contributed by atoms with van der Waals surface area (Å²) in [6, 6.07) is 15.4. The van der Waals surface area contributed by atoms with Crippen LogP contribution in [-0.2, 0) is 16.0 Å². The molecule has 2 unspecified atom stereocenters. The van der Waals surface area contributed by atoms with Gasteiger partial charge in [-0.15, -0.1) is 0 Å². The molecule has 120 valence electrons. The Morgan fingerprint density at radius 1 is 1.09 bits per heavy atom. The Labute approximate surface area is 137 Å². The van der Waals surface area contributed by atoms with Crippen LogP contribution < -0.4 is 0 Å². The van der Waals surface area contributed by atoms with Gasteiger partial charge in [0.1, 0.15) is 5.78 Å². The summed E-state index contributed by atoms with van der Waals surface area (Å²) in [5.74, 6) is 0.579. The molecule has 4 rings (SSSR count).